The molecule has 0 radical (unpaired) electrons. The van der Waals surface area contributed by atoms with E-state index >= 15 is 0 Å². The summed E-state index contributed by atoms with van der Waals surface area (Å²) in [5.74, 6) is 1.96. The zero-order valence-corrected chi connectivity index (χ0v) is 7.82. The predicted octanol–water partition coefficient (Wildman–Crippen LogP) is 0.662. The molecule has 1 atom stereocenters. The van der Waals surface area contributed by atoms with Crippen molar-refractivity contribution in [3.63, 3.8) is 0 Å². The molecule has 0 aliphatic rings. The van der Waals surface area contributed by atoms with Gasteiger partial charge in [-0.1, -0.05) is 0 Å². The van der Waals surface area contributed by atoms with Crippen LogP contribution in [-0.4, -0.2) is 48.3 Å². The smallest absolute Gasteiger partial charge is 0.0521 e. The van der Waals surface area contributed by atoms with E-state index in [4.69, 9.17) is 5.11 Å². The van der Waals surface area contributed by atoms with Crippen molar-refractivity contribution in [3.05, 3.63) is 0 Å². The highest BCUT2D eigenvalue weighted by molar-refractivity contribution is 7.99. The minimum absolute atomic E-state index is 0.296. The minimum Gasteiger partial charge on any atom is -0.396 e. The Balaban J connectivity index is 3.13. The summed E-state index contributed by atoms with van der Waals surface area (Å²) in [6, 6.07) is 0.608. The molecule has 2 nitrogen and oxygen atoms in total. The molecule has 3 heteroatoms. The fourth-order valence-corrected chi connectivity index (χ4v) is 1.40. The van der Waals surface area contributed by atoms with E-state index < -0.39 is 0 Å². The molecule has 0 spiro atoms. The maximum atomic E-state index is 8.48. The fraction of sp³-hybridized carbons (Fsp3) is 1.00. The Hall–Kier alpha value is 0.270. The molecular formula is C7H17NOS. The third-order valence-corrected chi connectivity index (χ3v) is 2.67. The van der Waals surface area contributed by atoms with Gasteiger partial charge in [0.2, 0.25) is 0 Å². The van der Waals surface area contributed by atoms with Gasteiger partial charge in [-0.25, -0.2) is 0 Å². The highest BCUT2D eigenvalue weighted by Gasteiger charge is 2.02. The van der Waals surface area contributed by atoms with Crippen molar-refractivity contribution in [2.24, 2.45) is 0 Å². The zero-order chi connectivity index (χ0) is 7.98. The maximum absolute atomic E-state index is 8.48. The molecule has 0 aromatic carbocycles. The van der Waals surface area contributed by atoms with Crippen LogP contribution < -0.4 is 0 Å². The third-order valence-electron chi connectivity index (χ3n) is 1.48. The lowest BCUT2D eigenvalue weighted by molar-refractivity contribution is 0.321. The second kappa shape index (κ2) is 6.01. The van der Waals surface area contributed by atoms with Crippen molar-refractivity contribution in [2.75, 3.05) is 32.2 Å². The van der Waals surface area contributed by atoms with Crippen molar-refractivity contribution < 1.29 is 5.11 Å². The summed E-state index contributed by atoms with van der Waals surface area (Å²) >= 11 is 1.80. The predicted molar refractivity (Wildman–Crippen MR) is 47.6 cm³/mol. The quantitative estimate of drug-likeness (QED) is 0.602. The Morgan fingerprint density at radius 2 is 2.10 bits per heavy atom. The Labute approximate surface area is 67.6 Å². The Morgan fingerprint density at radius 1 is 1.50 bits per heavy atom. The first-order valence-electron chi connectivity index (χ1n) is 3.53. The van der Waals surface area contributed by atoms with E-state index in [1.54, 1.807) is 11.8 Å². The van der Waals surface area contributed by atoms with E-state index in [-0.39, 0.29) is 0 Å². The molecule has 62 valence electrons. The molecular weight excluding hydrogens is 146 g/mol. The Bertz CT molecular complexity index is 78.0. The normalized spacial score (nSPS) is 14.1. The second-order valence-corrected chi connectivity index (χ2v) is 3.76. The first-order valence-corrected chi connectivity index (χ1v) is 4.69. The molecule has 0 bridgehead atoms. The third kappa shape index (κ3) is 5.09. The van der Waals surface area contributed by atoms with Gasteiger partial charge < -0.3 is 10.0 Å². The van der Waals surface area contributed by atoms with Crippen LogP contribution in [0.4, 0.5) is 0 Å². The fourth-order valence-electron chi connectivity index (χ4n) is 0.468. The molecule has 0 unspecified atom stereocenters. The molecule has 0 rings (SSSR count). The van der Waals surface area contributed by atoms with Crippen molar-refractivity contribution in [2.45, 2.75) is 13.0 Å². The van der Waals surface area contributed by atoms with Crippen LogP contribution in [0.5, 0.6) is 0 Å². The second-order valence-electron chi connectivity index (χ2n) is 2.61. The van der Waals surface area contributed by atoms with E-state index in [9.17, 15) is 0 Å². The summed E-state index contributed by atoms with van der Waals surface area (Å²) in [5, 5.41) is 8.48. The van der Waals surface area contributed by atoms with E-state index in [0.29, 0.717) is 12.6 Å². The van der Waals surface area contributed by atoms with Gasteiger partial charge in [0.05, 0.1) is 6.61 Å². The largest absolute Gasteiger partial charge is 0.396 e. The highest BCUT2D eigenvalue weighted by atomic mass is 32.2. The van der Waals surface area contributed by atoms with Crippen LogP contribution in [0.2, 0.25) is 0 Å². The van der Waals surface area contributed by atoms with Crippen molar-refractivity contribution in [1.29, 1.82) is 0 Å². The lowest BCUT2D eigenvalue weighted by atomic mass is 10.4. The molecule has 0 aliphatic heterocycles. The van der Waals surface area contributed by atoms with Gasteiger partial charge in [-0.2, -0.15) is 11.8 Å². The van der Waals surface area contributed by atoms with Crippen LogP contribution in [0.1, 0.15) is 6.92 Å². The van der Waals surface area contributed by atoms with Gasteiger partial charge in [0, 0.05) is 17.5 Å². The number of rotatable bonds is 5. The van der Waals surface area contributed by atoms with Gasteiger partial charge in [-0.15, -0.1) is 0 Å². The first kappa shape index (κ1) is 10.3. The summed E-state index contributed by atoms with van der Waals surface area (Å²) in [6.07, 6.45) is 0. The van der Waals surface area contributed by atoms with Crippen LogP contribution in [0.25, 0.3) is 0 Å². The average molecular weight is 163 g/mol. The number of hydrogen-bond acceptors (Lipinski definition) is 3. The lowest BCUT2D eigenvalue weighted by Gasteiger charge is -2.18. The van der Waals surface area contributed by atoms with Crippen LogP contribution in [0, 0.1) is 0 Å². The van der Waals surface area contributed by atoms with Crippen LogP contribution in [-0.2, 0) is 0 Å². The molecule has 0 saturated carbocycles. The van der Waals surface area contributed by atoms with E-state index in [0.717, 1.165) is 11.5 Å². The minimum atomic E-state index is 0.296. The topological polar surface area (TPSA) is 23.5 Å². The molecule has 0 aromatic heterocycles. The summed E-state index contributed by atoms with van der Waals surface area (Å²) in [7, 11) is 4.15. The summed E-state index contributed by atoms with van der Waals surface area (Å²) in [4.78, 5) is 2.18. The molecule has 1 N–H and O–H groups in total. The molecule has 0 aliphatic carbocycles. The van der Waals surface area contributed by atoms with Gasteiger partial charge in [-0.05, 0) is 21.0 Å². The maximum Gasteiger partial charge on any atom is 0.0521 e. The lowest BCUT2D eigenvalue weighted by Crippen LogP contribution is -2.26. The van der Waals surface area contributed by atoms with Gasteiger partial charge in [0.25, 0.3) is 0 Å². The molecule has 0 saturated heterocycles. The number of thioether (sulfide) groups is 1. The average Bonchev–Trinajstić information content (AvgIpc) is 1.88. The Kier molecular flexibility index (Phi) is 6.17. The van der Waals surface area contributed by atoms with Gasteiger partial charge in [0.15, 0.2) is 0 Å². The molecule has 0 heterocycles. The van der Waals surface area contributed by atoms with Gasteiger partial charge in [-0.3, -0.25) is 0 Å². The van der Waals surface area contributed by atoms with Crippen LogP contribution in [0.15, 0.2) is 0 Å². The highest BCUT2D eigenvalue weighted by Crippen LogP contribution is 2.04. The van der Waals surface area contributed by atoms with Gasteiger partial charge in [0.1, 0.15) is 0 Å². The molecule has 10 heavy (non-hydrogen) atoms. The van der Waals surface area contributed by atoms with Crippen molar-refractivity contribution >= 4 is 11.8 Å². The number of hydrogen-bond donors (Lipinski definition) is 1. The number of aliphatic hydroxyl groups excluding tert-OH is 1. The summed E-state index contributed by atoms with van der Waals surface area (Å²) in [5.41, 5.74) is 0. The van der Waals surface area contributed by atoms with Crippen LogP contribution >= 0.6 is 11.8 Å². The van der Waals surface area contributed by atoms with Crippen LogP contribution in [0.3, 0.4) is 0 Å². The van der Waals surface area contributed by atoms with E-state index in [1.807, 2.05) is 0 Å². The summed E-state index contributed by atoms with van der Waals surface area (Å²) in [6.45, 7) is 2.48. The number of aliphatic hydroxyl groups is 1. The monoisotopic (exact) mass is 163 g/mol. The van der Waals surface area contributed by atoms with E-state index in [1.165, 1.54) is 0 Å². The van der Waals surface area contributed by atoms with E-state index in [2.05, 4.69) is 25.9 Å². The van der Waals surface area contributed by atoms with Crippen molar-refractivity contribution in [1.82, 2.24) is 4.90 Å². The molecule has 0 aromatic rings. The molecule has 0 fully saturated rings. The molecule has 0 amide bonds. The Morgan fingerprint density at radius 3 is 2.50 bits per heavy atom. The number of nitrogens with zero attached hydrogens (tertiary/aromatic N) is 1. The summed E-state index contributed by atoms with van der Waals surface area (Å²) < 4.78 is 0. The first-order chi connectivity index (χ1) is 4.68. The zero-order valence-electron chi connectivity index (χ0n) is 7.00. The van der Waals surface area contributed by atoms with Gasteiger partial charge >= 0.3 is 0 Å². The van der Waals surface area contributed by atoms with Crippen molar-refractivity contribution in [3.8, 4) is 0 Å². The standard InChI is InChI=1S/C7H17NOS/c1-7(8(2)3)6-10-5-4-9/h7,9H,4-6H2,1-3H3/t7-/m0/s1. The SMILES string of the molecule is C[C@@H](CSCCO)N(C)C.